The largest absolute Gasteiger partial charge is 0.394 e. The Hall–Kier alpha value is -0.400. The summed E-state index contributed by atoms with van der Waals surface area (Å²) in [6, 6.07) is 0. The molecule has 0 heterocycles. The van der Waals surface area contributed by atoms with Crippen molar-refractivity contribution in [2.24, 2.45) is 5.73 Å². The lowest BCUT2D eigenvalue weighted by atomic mass is 10.3. The Bertz CT molecular complexity index is 141. The van der Waals surface area contributed by atoms with Gasteiger partial charge in [0.15, 0.2) is 0 Å². The minimum atomic E-state index is -4.19. The SMILES string of the molecule is NCC(CO)OCC(F)(F)C(F)F. The van der Waals surface area contributed by atoms with Gasteiger partial charge in [0.1, 0.15) is 6.61 Å². The summed E-state index contributed by atoms with van der Waals surface area (Å²) in [5, 5.41) is 8.42. The molecule has 0 amide bonds. The highest BCUT2D eigenvalue weighted by molar-refractivity contribution is 4.69. The van der Waals surface area contributed by atoms with E-state index < -0.39 is 31.7 Å². The average molecular weight is 205 g/mol. The summed E-state index contributed by atoms with van der Waals surface area (Å²) in [4.78, 5) is 0. The molecule has 0 saturated carbocycles. The van der Waals surface area contributed by atoms with E-state index in [9.17, 15) is 17.6 Å². The van der Waals surface area contributed by atoms with E-state index in [0.717, 1.165) is 0 Å². The molecule has 0 bridgehead atoms. The molecule has 0 aliphatic rings. The van der Waals surface area contributed by atoms with Gasteiger partial charge in [-0.1, -0.05) is 0 Å². The molecule has 80 valence electrons. The van der Waals surface area contributed by atoms with Crippen LogP contribution in [0.25, 0.3) is 0 Å². The van der Waals surface area contributed by atoms with Gasteiger partial charge in [-0.3, -0.25) is 0 Å². The van der Waals surface area contributed by atoms with Gasteiger partial charge in [0.05, 0.1) is 12.7 Å². The Morgan fingerprint density at radius 3 is 2.23 bits per heavy atom. The van der Waals surface area contributed by atoms with E-state index in [1.807, 2.05) is 0 Å². The van der Waals surface area contributed by atoms with E-state index >= 15 is 0 Å². The van der Waals surface area contributed by atoms with E-state index in [-0.39, 0.29) is 6.54 Å². The van der Waals surface area contributed by atoms with Crippen molar-refractivity contribution < 1.29 is 27.4 Å². The van der Waals surface area contributed by atoms with Crippen LogP contribution in [0, 0.1) is 0 Å². The molecule has 0 aliphatic carbocycles. The Kier molecular flexibility index (Phi) is 5.19. The Labute approximate surface area is 72.5 Å². The van der Waals surface area contributed by atoms with Crippen molar-refractivity contribution >= 4 is 0 Å². The van der Waals surface area contributed by atoms with Crippen molar-refractivity contribution in [3.05, 3.63) is 0 Å². The van der Waals surface area contributed by atoms with Crippen LogP contribution in [0.4, 0.5) is 17.6 Å². The predicted molar refractivity (Wildman–Crippen MR) is 36.8 cm³/mol. The van der Waals surface area contributed by atoms with Crippen LogP contribution >= 0.6 is 0 Å². The minimum absolute atomic E-state index is 0.199. The maximum absolute atomic E-state index is 12.2. The van der Waals surface area contributed by atoms with Crippen LogP contribution in [0.1, 0.15) is 0 Å². The first kappa shape index (κ1) is 12.6. The third kappa shape index (κ3) is 4.39. The van der Waals surface area contributed by atoms with E-state index in [0.29, 0.717) is 0 Å². The average Bonchev–Trinajstić information content (AvgIpc) is 2.06. The number of aliphatic hydroxyl groups excluding tert-OH is 1. The standard InChI is InChI=1S/C6H11F4NO2/c7-5(8)6(9,10)3-13-4(1-11)2-12/h4-5,12H,1-3,11H2. The maximum Gasteiger partial charge on any atom is 0.330 e. The molecule has 1 atom stereocenters. The summed E-state index contributed by atoms with van der Waals surface area (Å²) in [6.45, 7) is -2.21. The summed E-state index contributed by atoms with van der Waals surface area (Å²) < 4.78 is 51.7. The lowest BCUT2D eigenvalue weighted by Gasteiger charge is -2.19. The molecular formula is C6H11F4NO2. The Morgan fingerprint density at radius 1 is 1.38 bits per heavy atom. The van der Waals surface area contributed by atoms with Gasteiger partial charge in [0.25, 0.3) is 0 Å². The van der Waals surface area contributed by atoms with Crippen molar-refractivity contribution in [3.63, 3.8) is 0 Å². The van der Waals surface area contributed by atoms with Crippen molar-refractivity contribution in [2.75, 3.05) is 19.8 Å². The Morgan fingerprint density at radius 2 is 1.92 bits per heavy atom. The number of halogens is 4. The summed E-state index contributed by atoms with van der Waals surface area (Å²) in [5.41, 5.74) is 4.97. The lowest BCUT2D eigenvalue weighted by Crippen LogP contribution is -2.37. The maximum atomic E-state index is 12.2. The van der Waals surface area contributed by atoms with Gasteiger partial charge < -0.3 is 15.6 Å². The minimum Gasteiger partial charge on any atom is -0.394 e. The van der Waals surface area contributed by atoms with Crippen molar-refractivity contribution in [1.29, 1.82) is 0 Å². The van der Waals surface area contributed by atoms with Crippen LogP contribution in [-0.2, 0) is 4.74 Å². The first-order valence-corrected chi connectivity index (χ1v) is 3.52. The normalized spacial score (nSPS) is 15.0. The molecule has 3 N–H and O–H groups in total. The fourth-order valence-corrected chi connectivity index (χ4v) is 0.487. The molecule has 0 fully saturated rings. The molecule has 0 aromatic carbocycles. The first-order chi connectivity index (χ1) is 5.94. The molecule has 0 aliphatic heterocycles. The van der Waals surface area contributed by atoms with Crippen LogP contribution < -0.4 is 5.73 Å². The van der Waals surface area contributed by atoms with Gasteiger partial charge in [-0.2, -0.15) is 8.78 Å². The van der Waals surface area contributed by atoms with E-state index in [1.165, 1.54) is 0 Å². The van der Waals surface area contributed by atoms with Gasteiger partial charge in [-0.15, -0.1) is 0 Å². The number of hydrogen-bond donors (Lipinski definition) is 2. The number of ether oxygens (including phenoxy) is 1. The van der Waals surface area contributed by atoms with Gasteiger partial charge in [-0.05, 0) is 0 Å². The highest BCUT2D eigenvalue weighted by Gasteiger charge is 2.41. The molecule has 0 rings (SSSR count). The molecule has 13 heavy (non-hydrogen) atoms. The molecule has 0 aromatic heterocycles. The van der Waals surface area contributed by atoms with E-state index in [2.05, 4.69) is 4.74 Å². The van der Waals surface area contributed by atoms with Gasteiger partial charge in [-0.25, -0.2) is 8.78 Å². The number of alkyl halides is 4. The zero-order valence-corrected chi connectivity index (χ0v) is 6.72. The molecule has 1 unspecified atom stereocenters. The number of aliphatic hydroxyl groups is 1. The van der Waals surface area contributed by atoms with Crippen molar-refractivity contribution in [3.8, 4) is 0 Å². The van der Waals surface area contributed by atoms with E-state index in [4.69, 9.17) is 10.8 Å². The smallest absolute Gasteiger partial charge is 0.330 e. The second-order valence-electron chi connectivity index (χ2n) is 2.41. The Balaban J connectivity index is 3.85. The first-order valence-electron chi connectivity index (χ1n) is 3.52. The molecule has 3 nitrogen and oxygen atoms in total. The second-order valence-corrected chi connectivity index (χ2v) is 2.41. The number of hydrogen-bond acceptors (Lipinski definition) is 3. The summed E-state index contributed by atoms with van der Waals surface area (Å²) >= 11 is 0. The molecule has 0 aromatic rings. The van der Waals surface area contributed by atoms with Crippen molar-refractivity contribution in [2.45, 2.75) is 18.5 Å². The fraction of sp³-hybridized carbons (Fsp3) is 1.00. The number of rotatable bonds is 6. The molecular weight excluding hydrogens is 194 g/mol. The quantitative estimate of drug-likeness (QED) is 0.610. The highest BCUT2D eigenvalue weighted by atomic mass is 19.3. The molecule has 7 heteroatoms. The zero-order valence-electron chi connectivity index (χ0n) is 6.72. The third-order valence-corrected chi connectivity index (χ3v) is 1.30. The third-order valence-electron chi connectivity index (χ3n) is 1.30. The van der Waals surface area contributed by atoms with Crippen LogP contribution in [0.3, 0.4) is 0 Å². The van der Waals surface area contributed by atoms with Gasteiger partial charge >= 0.3 is 12.3 Å². The van der Waals surface area contributed by atoms with Gasteiger partial charge in [0, 0.05) is 6.54 Å². The van der Waals surface area contributed by atoms with Crippen LogP contribution in [0.5, 0.6) is 0 Å². The monoisotopic (exact) mass is 205 g/mol. The van der Waals surface area contributed by atoms with Crippen molar-refractivity contribution in [1.82, 2.24) is 0 Å². The second kappa shape index (κ2) is 5.36. The van der Waals surface area contributed by atoms with E-state index in [1.54, 1.807) is 0 Å². The van der Waals surface area contributed by atoms with Crippen LogP contribution in [-0.4, -0.2) is 43.3 Å². The number of nitrogens with two attached hydrogens (primary N) is 1. The molecule has 0 radical (unpaired) electrons. The lowest BCUT2D eigenvalue weighted by molar-refractivity contribution is -0.178. The topological polar surface area (TPSA) is 55.5 Å². The summed E-state index contributed by atoms with van der Waals surface area (Å²) in [5.74, 6) is -4.19. The van der Waals surface area contributed by atoms with Crippen LogP contribution in [0.2, 0.25) is 0 Å². The summed E-state index contributed by atoms with van der Waals surface area (Å²) in [7, 11) is 0. The molecule has 0 saturated heterocycles. The predicted octanol–water partition coefficient (Wildman–Crippen LogP) is 0.223. The zero-order chi connectivity index (χ0) is 10.5. The van der Waals surface area contributed by atoms with Crippen LogP contribution in [0.15, 0.2) is 0 Å². The fourth-order valence-electron chi connectivity index (χ4n) is 0.487. The van der Waals surface area contributed by atoms with Gasteiger partial charge in [0.2, 0.25) is 0 Å². The highest BCUT2D eigenvalue weighted by Crippen LogP contribution is 2.23. The summed E-state index contributed by atoms with van der Waals surface area (Å²) in [6.07, 6.45) is -4.80. The molecule has 0 spiro atoms.